The van der Waals surface area contributed by atoms with Gasteiger partial charge in [0.15, 0.2) is 0 Å². The van der Waals surface area contributed by atoms with Gasteiger partial charge in [0, 0.05) is 12.1 Å². The normalized spacial score (nSPS) is 24.2. The molecule has 5 nitrogen and oxygen atoms in total. The van der Waals surface area contributed by atoms with E-state index in [1.165, 1.54) is 13.0 Å². The molecule has 3 N–H and O–H groups in total. The van der Waals surface area contributed by atoms with E-state index in [9.17, 15) is 12.8 Å². The summed E-state index contributed by atoms with van der Waals surface area (Å²) in [4.78, 5) is 2.60. The molecule has 1 aromatic carbocycles. The van der Waals surface area contributed by atoms with Gasteiger partial charge in [-0.2, -0.15) is 0 Å². The number of halogens is 1. The Hall–Kier alpha value is -1.18. The van der Waals surface area contributed by atoms with Crippen LogP contribution in [0.2, 0.25) is 0 Å². The van der Waals surface area contributed by atoms with Gasteiger partial charge in [-0.25, -0.2) is 17.8 Å². The highest BCUT2D eigenvalue weighted by atomic mass is 32.2. The third kappa shape index (κ3) is 3.36. The Morgan fingerprint density at radius 2 is 1.86 bits per heavy atom. The Morgan fingerprint density at radius 1 is 1.29 bits per heavy atom. The van der Waals surface area contributed by atoms with Crippen LogP contribution in [0.4, 0.5) is 10.1 Å². The van der Waals surface area contributed by atoms with Gasteiger partial charge in [-0.3, -0.25) is 0 Å². The van der Waals surface area contributed by atoms with Gasteiger partial charge in [-0.05, 0) is 51.3 Å². The fourth-order valence-electron chi connectivity index (χ4n) is 2.71. The number of anilines is 1. The van der Waals surface area contributed by atoms with E-state index in [1.807, 2.05) is 13.8 Å². The monoisotopic (exact) mass is 315 g/mol. The van der Waals surface area contributed by atoms with Crippen LogP contribution in [0.15, 0.2) is 17.0 Å². The first-order valence-corrected chi connectivity index (χ1v) is 8.57. The van der Waals surface area contributed by atoms with E-state index < -0.39 is 15.8 Å². The number of hydrogen-bond acceptors (Lipinski definition) is 4. The molecule has 0 bridgehead atoms. The van der Waals surface area contributed by atoms with E-state index in [0.29, 0.717) is 0 Å². The van der Waals surface area contributed by atoms with Crippen molar-refractivity contribution in [3.63, 3.8) is 0 Å². The molecule has 0 aromatic heterocycles. The number of hydrazine groups is 1. The minimum absolute atomic E-state index is 0.0103. The van der Waals surface area contributed by atoms with Crippen molar-refractivity contribution in [3.05, 3.63) is 23.5 Å². The maximum atomic E-state index is 13.5. The lowest BCUT2D eigenvalue weighted by molar-refractivity contribution is 0.0790. The van der Waals surface area contributed by atoms with Crippen LogP contribution < -0.4 is 10.6 Å². The number of aryl methyl sites for hydroxylation is 1. The lowest BCUT2D eigenvalue weighted by Crippen LogP contribution is -2.53. The number of sulfonamides is 1. The number of nitrogens with one attached hydrogen (secondary N) is 1. The van der Waals surface area contributed by atoms with Crippen LogP contribution in [0.5, 0.6) is 0 Å². The second-order valence-corrected chi connectivity index (χ2v) is 7.44. The lowest BCUT2D eigenvalue weighted by atomic mass is 10.0. The maximum absolute atomic E-state index is 13.5. The third-order valence-electron chi connectivity index (χ3n) is 3.99. The SMILES string of the molecule is Cc1cc(S(=O)(=O)NN2C(C)CCCC2C)cc(N)c1F. The summed E-state index contributed by atoms with van der Waals surface area (Å²) >= 11 is 0. The Bertz CT molecular complexity index is 600. The molecule has 1 aliphatic heterocycles. The molecule has 1 heterocycles. The summed E-state index contributed by atoms with van der Waals surface area (Å²) in [5, 5.41) is 1.76. The highest BCUT2D eigenvalue weighted by Crippen LogP contribution is 2.24. The predicted octanol–water partition coefficient (Wildman–Crippen LogP) is 2.17. The van der Waals surface area contributed by atoms with E-state index in [0.717, 1.165) is 25.3 Å². The van der Waals surface area contributed by atoms with Crippen LogP contribution in [-0.4, -0.2) is 25.5 Å². The summed E-state index contributed by atoms with van der Waals surface area (Å²) in [6.07, 6.45) is 2.97. The van der Waals surface area contributed by atoms with Crippen LogP contribution >= 0.6 is 0 Å². The minimum atomic E-state index is -3.76. The van der Waals surface area contributed by atoms with E-state index in [4.69, 9.17) is 5.73 Å². The largest absolute Gasteiger partial charge is 0.396 e. The number of rotatable bonds is 3. The van der Waals surface area contributed by atoms with Crippen molar-refractivity contribution in [1.82, 2.24) is 9.84 Å². The fourth-order valence-corrected chi connectivity index (χ4v) is 4.07. The fraction of sp³-hybridized carbons (Fsp3) is 0.571. The van der Waals surface area contributed by atoms with Gasteiger partial charge in [-0.1, -0.05) is 6.42 Å². The van der Waals surface area contributed by atoms with Crippen LogP contribution in [0, 0.1) is 12.7 Å². The number of piperidine rings is 1. The molecule has 2 rings (SSSR count). The zero-order valence-corrected chi connectivity index (χ0v) is 13.4. The van der Waals surface area contributed by atoms with Gasteiger partial charge >= 0.3 is 0 Å². The molecule has 118 valence electrons. The first-order valence-electron chi connectivity index (χ1n) is 7.09. The highest BCUT2D eigenvalue weighted by molar-refractivity contribution is 7.89. The van der Waals surface area contributed by atoms with Gasteiger partial charge in [-0.15, -0.1) is 4.83 Å². The number of hydrogen-bond donors (Lipinski definition) is 2. The third-order valence-corrected chi connectivity index (χ3v) is 5.29. The van der Waals surface area contributed by atoms with Crippen LogP contribution in [0.25, 0.3) is 0 Å². The molecule has 21 heavy (non-hydrogen) atoms. The molecule has 1 aromatic rings. The second kappa shape index (κ2) is 5.90. The Kier molecular flexibility index (Phi) is 4.55. The Balaban J connectivity index is 2.30. The molecule has 1 fully saturated rings. The average molecular weight is 315 g/mol. The molecule has 7 heteroatoms. The van der Waals surface area contributed by atoms with Crippen molar-refractivity contribution in [2.24, 2.45) is 0 Å². The van der Waals surface area contributed by atoms with Crippen molar-refractivity contribution in [2.75, 3.05) is 5.73 Å². The van der Waals surface area contributed by atoms with E-state index in [-0.39, 0.29) is 28.2 Å². The summed E-state index contributed by atoms with van der Waals surface area (Å²) in [5.41, 5.74) is 5.59. The molecular formula is C14H22FN3O2S. The molecule has 0 spiro atoms. The molecule has 1 saturated heterocycles. The van der Waals surface area contributed by atoms with Crippen molar-refractivity contribution in [1.29, 1.82) is 0 Å². The van der Waals surface area contributed by atoms with Gasteiger partial charge in [0.2, 0.25) is 0 Å². The summed E-state index contributed by atoms with van der Waals surface area (Å²) in [6.45, 7) is 5.47. The van der Waals surface area contributed by atoms with Crippen LogP contribution in [0.1, 0.15) is 38.7 Å². The number of nitrogen functional groups attached to an aromatic ring is 1. The zero-order chi connectivity index (χ0) is 15.8. The topological polar surface area (TPSA) is 75.4 Å². The summed E-state index contributed by atoms with van der Waals surface area (Å²) in [7, 11) is -3.76. The van der Waals surface area contributed by atoms with Crippen molar-refractivity contribution >= 4 is 15.7 Å². The first kappa shape index (κ1) is 16.2. The van der Waals surface area contributed by atoms with Crippen molar-refractivity contribution in [2.45, 2.75) is 57.0 Å². The van der Waals surface area contributed by atoms with Gasteiger partial charge in [0.1, 0.15) is 5.82 Å². The quantitative estimate of drug-likeness (QED) is 0.838. The average Bonchev–Trinajstić information content (AvgIpc) is 2.40. The van der Waals surface area contributed by atoms with Crippen LogP contribution in [-0.2, 0) is 10.0 Å². The van der Waals surface area contributed by atoms with Gasteiger partial charge in [0.25, 0.3) is 10.0 Å². The number of nitrogens with zero attached hydrogens (tertiary/aromatic N) is 1. The Morgan fingerprint density at radius 3 is 2.38 bits per heavy atom. The van der Waals surface area contributed by atoms with Crippen molar-refractivity contribution in [3.8, 4) is 0 Å². The van der Waals surface area contributed by atoms with Crippen molar-refractivity contribution < 1.29 is 12.8 Å². The summed E-state index contributed by atoms with van der Waals surface area (Å²) < 4.78 is 38.5. The first-order chi connectivity index (χ1) is 9.72. The van der Waals surface area contributed by atoms with E-state index in [2.05, 4.69) is 4.83 Å². The molecule has 1 aliphatic rings. The lowest BCUT2D eigenvalue weighted by Gasteiger charge is -2.38. The Labute approximate surface area is 125 Å². The molecule has 0 saturated carbocycles. The number of benzene rings is 1. The summed E-state index contributed by atoms with van der Waals surface area (Å²) in [5.74, 6) is -0.575. The predicted molar refractivity (Wildman–Crippen MR) is 80.5 cm³/mol. The highest BCUT2D eigenvalue weighted by Gasteiger charge is 2.29. The second-order valence-electron chi connectivity index (χ2n) is 5.77. The van der Waals surface area contributed by atoms with Gasteiger partial charge in [0.05, 0.1) is 10.6 Å². The summed E-state index contributed by atoms with van der Waals surface area (Å²) in [6, 6.07) is 2.71. The molecule has 0 amide bonds. The van der Waals surface area contributed by atoms with Crippen LogP contribution in [0.3, 0.4) is 0 Å². The minimum Gasteiger partial charge on any atom is -0.396 e. The molecular weight excluding hydrogens is 293 g/mol. The van der Waals surface area contributed by atoms with E-state index >= 15 is 0 Å². The number of nitrogens with two attached hydrogens (primary N) is 1. The standard InChI is InChI=1S/C14H22FN3O2S/c1-9-7-12(8-13(16)14(9)15)21(19,20)17-18-10(2)5-4-6-11(18)3/h7-8,10-11,17H,4-6,16H2,1-3H3. The molecule has 0 radical (unpaired) electrons. The van der Waals surface area contributed by atoms with Gasteiger partial charge < -0.3 is 5.73 Å². The van der Waals surface area contributed by atoms with E-state index in [1.54, 1.807) is 5.01 Å². The zero-order valence-electron chi connectivity index (χ0n) is 12.6. The smallest absolute Gasteiger partial charge is 0.253 e. The maximum Gasteiger partial charge on any atom is 0.253 e. The molecule has 0 aliphatic carbocycles. The molecule has 2 unspecified atom stereocenters. The molecule has 2 atom stereocenters.